The van der Waals surface area contributed by atoms with Crippen molar-refractivity contribution in [3.8, 4) is 28.8 Å². The van der Waals surface area contributed by atoms with Crippen LogP contribution in [0, 0.1) is 11.3 Å². The lowest BCUT2D eigenvalue weighted by molar-refractivity contribution is 0.415. The van der Waals surface area contributed by atoms with Gasteiger partial charge in [0.25, 0.3) is 0 Å². The number of ether oxygens (including phenoxy) is 2. The average molecular weight is 454 g/mol. The van der Waals surface area contributed by atoms with Gasteiger partial charge in [-0.2, -0.15) is 5.26 Å². The van der Waals surface area contributed by atoms with E-state index in [0.717, 1.165) is 38.9 Å². The van der Waals surface area contributed by atoms with Gasteiger partial charge in [0, 0.05) is 34.0 Å². The largest absolute Gasteiger partial charge is 0.497 e. The SMILES string of the molecule is COc1cccc(-c2csc(C(C#N)=CNc3cc4oc5ccccc5c4cc3OC)n2)c1. The number of para-hydroxylation sites is 1. The van der Waals surface area contributed by atoms with Gasteiger partial charge in [-0.05, 0) is 24.3 Å². The molecule has 0 bridgehead atoms. The van der Waals surface area contributed by atoms with E-state index in [4.69, 9.17) is 13.9 Å². The number of anilines is 1. The number of hydrogen-bond acceptors (Lipinski definition) is 7. The van der Waals surface area contributed by atoms with Gasteiger partial charge >= 0.3 is 0 Å². The van der Waals surface area contributed by atoms with Crippen molar-refractivity contribution in [1.29, 1.82) is 5.26 Å². The Morgan fingerprint density at radius 1 is 1.03 bits per heavy atom. The maximum absolute atomic E-state index is 9.75. The summed E-state index contributed by atoms with van der Waals surface area (Å²) >= 11 is 1.41. The molecular formula is C26H19N3O3S. The first-order valence-corrected chi connectivity index (χ1v) is 11.0. The van der Waals surface area contributed by atoms with E-state index in [1.165, 1.54) is 11.3 Å². The number of fused-ring (bicyclic) bond motifs is 3. The van der Waals surface area contributed by atoms with E-state index >= 15 is 0 Å². The van der Waals surface area contributed by atoms with Crippen LogP contribution in [-0.4, -0.2) is 19.2 Å². The van der Waals surface area contributed by atoms with Crippen LogP contribution in [0.2, 0.25) is 0 Å². The van der Waals surface area contributed by atoms with Gasteiger partial charge in [-0.15, -0.1) is 11.3 Å². The molecule has 3 aromatic carbocycles. The first-order chi connectivity index (χ1) is 16.2. The minimum absolute atomic E-state index is 0.418. The van der Waals surface area contributed by atoms with Crippen LogP contribution in [0.4, 0.5) is 5.69 Å². The first kappa shape index (κ1) is 20.6. The standard InChI is InChI=1S/C26H19N3O3S/c1-30-18-7-5-6-16(10-18)22-15-33-26(29-22)17(13-27)14-28-21-12-24-20(11-25(21)31-2)19-8-3-4-9-23(19)32-24/h3-12,14-15,28H,1-2H3. The summed E-state index contributed by atoms with van der Waals surface area (Å²) in [6.07, 6.45) is 1.64. The predicted octanol–water partition coefficient (Wildman–Crippen LogP) is 6.70. The van der Waals surface area contributed by atoms with Crippen LogP contribution in [0.5, 0.6) is 11.5 Å². The Labute approximate surface area is 194 Å². The van der Waals surface area contributed by atoms with Gasteiger partial charge in [0.15, 0.2) is 0 Å². The normalized spacial score (nSPS) is 11.5. The lowest BCUT2D eigenvalue weighted by atomic mass is 10.1. The Hall–Kier alpha value is -4.28. The molecule has 0 amide bonds. The molecule has 0 aliphatic rings. The maximum atomic E-state index is 9.75. The number of nitrogens with one attached hydrogen (secondary N) is 1. The fraction of sp³-hybridized carbons (Fsp3) is 0.0769. The summed E-state index contributed by atoms with van der Waals surface area (Å²) in [5.74, 6) is 1.41. The molecule has 0 spiro atoms. The number of methoxy groups -OCH3 is 2. The third-order valence-electron chi connectivity index (χ3n) is 5.29. The maximum Gasteiger partial charge on any atom is 0.143 e. The van der Waals surface area contributed by atoms with Crippen LogP contribution in [0.1, 0.15) is 5.01 Å². The van der Waals surface area contributed by atoms with E-state index < -0.39 is 0 Å². The average Bonchev–Trinajstić information content (AvgIpc) is 3.49. The summed E-state index contributed by atoms with van der Waals surface area (Å²) < 4.78 is 16.9. The number of nitrogens with zero attached hydrogens (tertiary/aromatic N) is 2. The molecule has 33 heavy (non-hydrogen) atoms. The zero-order valence-electron chi connectivity index (χ0n) is 18.0. The highest BCUT2D eigenvalue weighted by Crippen LogP contribution is 2.36. The fourth-order valence-electron chi connectivity index (χ4n) is 3.64. The summed E-state index contributed by atoms with van der Waals surface area (Å²) in [6, 6.07) is 21.6. The van der Waals surface area contributed by atoms with Crippen molar-refractivity contribution >= 4 is 44.5 Å². The number of hydrogen-bond donors (Lipinski definition) is 1. The van der Waals surface area contributed by atoms with Crippen LogP contribution in [0.3, 0.4) is 0 Å². The second-order valence-electron chi connectivity index (χ2n) is 7.23. The highest BCUT2D eigenvalue weighted by molar-refractivity contribution is 7.11. The summed E-state index contributed by atoms with van der Waals surface area (Å²) in [4.78, 5) is 4.64. The monoisotopic (exact) mass is 453 g/mol. The van der Waals surface area contributed by atoms with E-state index in [9.17, 15) is 5.26 Å². The molecule has 0 radical (unpaired) electrons. The molecule has 5 aromatic rings. The number of rotatable bonds is 6. The van der Waals surface area contributed by atoms with Crippen molar-refractivity contribution in [3.63, 3.8) is 0 Å². The quantitative estimate of drug-likeness (QED) is 0.288. The van der Waals surface area contributed by atoms with E-state index in [0.29, 0.717) is 22.0 Å². The Balaban J connectivity index is 1.47. The molecule has 0 unspecified atom stereocenters. The highest BCUT2D eigenvalue weighted by Gasteiger charge is 2.13. The van der Waals surface area contributed by atoms with Crippen LogP contribution in [-0.2, 0) is 0 Å². The molecule has 0 aliphatic carbocycles. The molecule has 0 saturated heterocycles. The Bertz CT molecular complexity index is 1540. The molecule has 2 heterocycles. The van der Waals surface area contributed by atoms with Crippen LogP contribution >= 0.6 is 11.3 Å². The number of furan rings is 1. The lowest BCUT2D eigenvalue weighted by Crippen LogP contribution is -1.95. The Kier molecular flexibility index (Phi) is 5.43. The Morgan fingerprint density at radius 3 is 2.73 bits per heavy atom. The zero-order valence-corrected chi connectivity index (χ0v) is 18.8. The van der Waals surface area contributed by atoms with Gasteiger partial charge in [-0.25, -0.2) is 4.98 Å². The molecule has 5 rings (SSSR count). The molecule has 0 atom stereocenters. The molecule has 0 aliphatic heterocycles. The molecule has 7 heteroatoms. The smallest absolute Gasteiger partial charge is 0.143 e. The van der Waals surface area contributed by atoms with Crippen molar-refractivity contribution < 1.29 is 13.9 Å². The molecule has 0 fully saturated rings. The third kappa shape index (κ3) is 3.88. The van der Waals surface area contributed by atoms with Crippen molar-refractivity contribution in [1.82, 2.24) is 4.98 Å². The van der Waals surface area contributed by atoms with Crippen LogP contribution in [0.15, 0.2) is 76.7 Å². The van der Waals surface area contributed by atoms with Gasteiger partial charge in [-0.3, -0.25) is 0 Å². The molecule has 2 aromatic heterocycles. The van der Waals surface area contributed by atoms with Gasteiger partial charge < -0.3 is 19.2 Å². The van der Waals surface area contributed by atoms with Gasteiger partial charge in [0.2, 0.25) is 0 Å². The van der Waals surface area contributed by atoms with Crippen molar-refractivity contribution in [2.45, 2.75) is 0 Å². The topological polar surface area (TPSA) is 80.3 Å². The van der Waals surface area contributed by atoms with Gasteiger partial charge in [-0.1, -0.05) is 30.3 Å². The second-order valence-corrected chi connectivity index (χ2v) is 8.09. The number of thiazole rings is 1. The van der Waals surface area contributed by atoms with Crippen molar-refractivity contribution in [2.24, 2.45) is 0 Å². The van der Waals surface area contributed by atoms with Gasteiger partial charge in [0.1, 0.15) is 39.3 Å². The number of nitriles is 1. The predicted molar refractivity (Wildman–Crippen MR) is 132 cm³/mol. The first-order valence-electron chi connectivity index (χ1n) is 10.2. The van der Waals surface area contributed by atoms with E-state index in [-0.39, 0.29) is 0 Å². The molecule has 0 saturated carbocycles. The molecule has 6 nitrogen and oxygen atoms in total. The lowest BCUT2D eigenvalue weighted by Gasteiger charge is -2.08. The molecule has 162 valence electrons. The van der Waals surface area contributed by atoms with Crippen LogP contribution in [0.25, 0.3) is 38.8 Å². The summed E-state index contributed by atoms with van der Waals surface area (Å²) in [5.41, 5.74) is 4.38. The summed E-state index contributed by atoms with van der Waals surface area (Å²) in [5, 5.41) is 17.5. The number of aromatic nitrogens is 1. The molecule has 1 N–H and O–H groups in total. The number of allylic oxidation sites excluding steroid dienone is 1. The van der Waals surface area contributed by atoms with E-state index in [1.54, 1.807) is 20.4 Å². The van der Waals surface area contributed by atoms with E-state index in [2.05, 4.69) is 16.4 Å². The van der Waals surface area contributed by atoms with E-state index in [1.807, 2.05) is 66.0 Å². The molecular weight excluding hydrogens is 434 g/mol. The summed E-state index contributed by atoms with van der Waals surface area (Å²) in [7, 11) is 3.25. The third-order valence-corrected chi connectivity index (χ3v) is 6.17. The Morgan fingerprint density at radius 2 is 1.91 bits per heavy atom. The van der Waals surface area contributed by atoms with Crippen molar-refractivity contribution in [3.05, 3.63) is 77.3 Å². The van der Waals surface area contributed by atoms with Crippen LogP contribution < -0.4 is 14.8 Å². The minimum atomic E-state index is 0.418. The summed E-state index contributed by atoms with van der Waals surface area (Å²) in [6.45, 7) is 0. The van der Waals surface area contributed by atoms with Gasteiger partial charge in [0.05, 0.1) is 25.6 Å². The van der Waals surface area contributed by atoms with Crippen molar-refractivity contribution in [2.75, 3.05) is 19.5 Å². The fourth-order valence-corrected chi connectivity index (χ4v) is 4.43. The highest BCUT2D eigenvalue weighted by atomic mass is 32.1. The second kappa shape index (κ2) is 8.69. The minimum Gasteiger partial charge on any atom is -0.497 e. The zero-order chi connectivity index (χ0) is 22.8. The number of benzene rings is 3.